The number of para-hydroxylation sites is 1. The lowest BCUT2D eigenvalue weighted by atomic mass is 10.2. The lowest BCUT2D eigenvalue weighted by Gasteiger charge is -2.38. The van der Waals surface area contributed by atoms with E-state index in [1.807, 2.05) is 95.9 Å². The number of halogens is 3. The molecule has 0 N–H and O–H groups in total. The lowest BCUT2D eigenvalue weighted by molar-refractivity contribution is 0.143. The Kier molecular flexibility index (Phi) is 6.68. The fourth-order valence-corrected chi connectivity index (χ4v) is 7.20. The van der Waals surface area contributed by atoms with Crippen LogP contribution in [-0.4, -0.2) is 42.7 Å². The fourth-order valence-electron chi connectivity index (χ4n) is 4.07. The van der Waals surface area contributed by atoms with Gasteiger partial charge in [-0.25, -0.2) is 14.1 Å². The molecule has 0 radical (unpaired) electrons. The van der Waals surface area contributed by atoms with Gasteiger partial charge in [0.05, 0.1) is 24.5 Å². The monoisotopic (exact) mass is 546 g/mol. The van der Waals surface area contributed by atoms with E-state index in [2.05, 4.69) is 4.31 Å². The summed E-state index contributed by atoms with van der Waals surface area (Å²) in [4.78, 5) is 20.1. The number of carbonyl (C=O) groups is 1. The van der Waals surface area contributed by atoms with Crippen LogP contribution < -0.4 is 4.90 Å². The summed E-state index contributed by atoms with van der Waals surface area (Å²) in [6.45, 7) is 0.490. The van der Waals surface area contributed by atoms with Gasteiger partial charge in [-0.15, -0.1) is 0 Å². The topological polar surface area (TPSA) is 48.4 Å². The Morgan fingerprint density at radius 3 is 2.09 bits per heavy atom. The number of aliphatic imine (C=N–C) groups is 1. The molecule has 2 unspecified atom stereocenters. The average molecular weight is 548 g/mol. The van der Waals surface area contributed by atoms with Crippen molar-refractivity contribution in [1.82, 2.24) is 8.61 Å². The molecular weight excluding hydrogens is 527 g/mol. The molecule has 0 fully saturated rings. The third kappa shape index (κ3) is 4.49. The summed E-state index contributed by atoms with van der Waals surface area (Å²) in [5.41, 5.74) is 2.72. The molecule has 35 heavy (non-hydrogen) atoms. The van der Waals surface area contributed by atoms with Gasteiger partial charge in [-0.1, -0.05) is 114 Å². The molecule has 2 heterocycles. The number of hydrogen-bond acceptors (Lipinski definition) is 5. The predicted molar refractivity (Wildman–Crippen MR) is 145 cm³/mol. The maximum atomic E-state index is 13.2. The number of nitrogens with zero attached hydrogens (tertiary/aromatic N) is 4. The van der Waals surface area contributed by atoms with E-state index in [0.29, 0.717) is 11.7 Å². The van der Waals surface area contributed by atoms with Crippen molar-refractivity contribution in [3.63, 3.8) is 0 Å². The number of alkyl halides is 3. The van der Waals surface area contributed by atoms with E-state index >= 15 is 0 Å². The Balaban J connectivity index is 1.73. The highest BCUT2D eigenvalue weighted by Crippen LogP contribution is 2.51. The maximum Gasteiger partial charge on any atom is 0.422 e. The summed E-state index contributed by atoms with van der Waals surface area (Å²) in [5.74, 6) is 0.727. The molecule has 2 atom stereocenters. The number of methoxy groups -OCH3 is 1. The molecule has 0 saturated heterocycles. The van der Waals surface area contributed by atoms with Crippen LogP contribution in [0.15, 0.2) is 96.0 Å². The Hall–Kier alpha value is -2.71. The van der Waals surface area contributed by atoms with Crippen molar-refractivity contribution in [3.8, 4) is 0 Å². The number of amidine groups is 1. The molecule has 0 aliphatic carbocycles. The average Bonchev–Trinajstić information content (AvgIpc) is 3.40. The van der Waals surface area contributed by atoms with Gasteiger partial charge < -0.3 is 4.74 Å². The summed E-state index contributed by atoms with van der Waals surface area (Å²) >= 11 is 19.6. The second kappa shape index (κ2) is 9.74. The van der Waals surface area contributed by atoms with Gasteiger partial charge in [0, 0.05) is 11.3 Å². The quantitative estimate of drug-likeness (QED) is 0.279. The molecule has 0 aromatic heterocycles. The number of ether oxygens (including phenoxy) is 1. The van der Waals surface area contributed by atoms with E-state index in [4.69, 9.17) is 44.5 Å². The highest BCUT2D eigenvalue weighted by atomic mass is 35.6. The van der Waals surface area contributed by atoms with E-state index in [-0.39, 0.29) is 0 Å². The Bertz CT molecular complexity index is 1280. The van der Waals surface area contributed by atoms with E-state index in [1.54, 1.807) is 0 Å². The van der Waals surface area contributed by atoms with Crippen molar-refractivity contribution in [2.45, 2.75) is 16.5 Å². The Morgan fingerprint density at radius 1 is 0.943 bits per heavy atom. The maximum absolute atomic E-state index is 13.2. The molecule has 6 nitrogen and oxygen atoms in total. The van der Waals surface area contributed by atoms with Crippen molar-refractivity contribution in [3.05, 3.63) is 102 Å². The van der Waals surface area contributed by atoms with Crippen LogP contribution in [0.5, 0.6) is 0 Å². The van der Waals surface area contributed by atoms with Gasteiger partial charge in [-0.2, -0.15) is 0 Å². The standard InChI is InChI=1S/C25H21Cl3N4O2S/c1-34-24(33)32-22(25(26,27)28)31(20-15-9-4-10-16-20)23-29-21(19-13-7-3-8-14-19)30(35(23)32)17-18-11-5-2-6-12-18/h2-16,22H,17H2,1H3. The first-order valence-electron chi connectivity index (χ1n) is 10.8. The van der Waals surface area contributed by atoms with Gasteiger partial charge >= 0.3 is 6.09 Å². The minimum absolute atomic E-state index is 0.490. The highest BCUT2D eigenvalue weighted by Gasteiger charge is 2.56. The van der Waals surface area contributed by atoms with E-state index < -0.39 is 26.9 Å². The van der Waals surface area contributed by atoms with Gasteiger partial charge in [0.25, 0.3) is 0 Å². The number of rotatable bonds is 4. The van der Waals surface area contributed by atoms with Crippen molar-refractivity contribution in [2.24, 2.45) is 4.99 Å². The van der Waals surface area contributed by atoms with Gasteiger partial charge in [-0.05, 0) is 17.7 Å². The van der Waals surface area contributed by atoms with E-state index in [9.17, 15) is 4.79 Å². The molecule has 180 valence electrons. The van der Waals surface area contributed by atoms with Crippen molar-refractivity contribution in [2.75, 3.05) is 12.0 Å². The predicted octanol–water partition coefficient (Wildman–Crippen LogP) is 6.42. The summed E-state index contributed by atoms with van der Waals surface area (Å²) < 4.78 is 6.90. The van der Waals surface area contributed by atoms with Crippen LogP contribution in [0.2, 0.25) is 0 Å². The van der Waals surface area contributed by atoms with Crippen LogP contribution in [0.1, 0.15) is 11.1 Å². The van der Waals surface area contributed by atoms with Crippen LogP contribution in [-0.2, 0) is 11.3 Å². The Morgan fingerprint density at radius 2 is 1.51 bits per heavy atom. The van der Waals surface area contributed by atoms with Crippen LogP contribution in [0.25, 0.3) is 0 Å². The zero-order chi connectivity index (χ0) is 24.6. The molecule has 0 bridgehead atoms. The minimum atomic E-state index is -1.85. The lowest BCUT2D eigenvalue weighted by Crippen LogP contribution is -2.53. The highest BCUT2D eigenvalue weighted by molar-refractivity contribution is 8.13. The van der Waals surface area contributed by atoms with Crippen molar-refractivity contribution in [1.29, 1.82) is 0 Å². The molecular formula is C25H21Cl3N4O2S. The van der Waals surface area contributed by atoms with Crippen molar-refractivity contribution < 1.29 is 9.53 Å². The second-order valence-electron chi connectivity index (χ2n) is 7.79. The largest absolute Gasteiger partial charge is 0.452 e. The number of benzene rings is 3. The van der Waals surface area contributed by atoms with Crippen LogP contribution in [0.4, 0.5) is 10.5 Å². The van der Waals surface area contributed by atoms with Gasteiger partial charge in [-0.3, -0.25) is 9.21 Å². The second-order valence-corrected chi connectivity index (χ2v) is 11.9. The van der Waals surface area contributed by atoms with Crippen LogP contribution in [0, 0.1) is 0 Å². The number of anilines is 1. The number of hydrogen-bond donors (Lipinski definition) is 0. The smallest absolute Gasteiger partial charge is 0.422 e. The zero-order valence-electron chi connectivity index (χ0n) is 18.6. The summed E-state index contributed by atoms with van der Waals surface area (Å²) in [6.07, 6.45) is -1.58. The molecule has 0 spiro atoms. The zero-order valence-corrected chi connectivity index (χ0v) is 21.7. The molecule has 1 amide bonds. The van der Waals surface area contributed by atoms with E-state index in [0.717, 1.165) is 22.6 Å². The minimum Gasteiger partial charge on any atom is -0.452 e. The normalized spacial score (nSPS) is 19.6. The van der Waals surface area contributed by atoms with Gasteiger partial charge in [0.2, 0.25) is 8.90 Å². The molecule has 10 heteroatoms. The van der Waals surface area contributed by atoms with Crippen LogP contribution in [0.3, 0.4) is 0 Å². The van der Waals surface area contributed by atoms with E-state index in [1.165, 1.54) is 11.4 Å². The summed E-state index contributed by atoms with van der Waals surface area (Å²) in [6, 6.07) is 29.3. The third-order valence-corrected chi connectivity index (χ3v) is 8.19. The van der Waals surface area contributed by atoms with Gasteiger partial charge in [0.15, 0.2) is 6.17 Å². The first-order chi connectivity index (χ1) is 16.9. The summed E-state index contributed by atoms with van der Waals surface area (Å²) in [5, 5.41) is 0.604. The molecule has 3 aromatic carbocycles. The fraction of sp³-hybridized carbons (Fsp3) is 0.160. The molecule has 2 aliphatic rings. The first-order valence-corrected chi connectivity index (χ1v) is 13.0. The molecule has 3 aromatic rings. The Labute approximate surface area is 221 Å². The molecule has 5 rings (SSSR count). The molecule has 0 saturated carbocycles. The first kappa shape index (κ1) is 24.0. The van der Waals surface area contributed by atoms with Gasteiger partial charge in [0.1, 0.15) is 5.84 Å². The van der Waals surface area contributed by atoms with Crippen molar-refractivity contribution >= 4 is 68.4 Å². The number of amides is 1. The SMILES string of the molecule is COC(=O)N1C(C(Cl)(Cl)Cl)N(c2ccccc2)C2=S1N(Cc1ccccc1)C(c1ccccc1)=N2. The van der Waals surface area contributed by atoms with Crippen LogP contribution >= 0.6 is 45.7 Å². The number of carbonyl (C=O) groups excluding carboxylic acids is 1. The molecule has 2 aliphatic heterocycles. The summed E-state index contributed by atoms with van der Waals surface area (Å²) in [7, 11) is 0.288. The third-order valence-electron chi connectivity index (χ3n) is 5.55.